The fourth-order valence-corrected chi connectivity index (χ4v) is 5.55. The molecule has 0 saturated heterocycles. The Morgan fingerprint density at radius 1 is 1.24 bits per heavy atom. The van der Waals surface area contributed by atoms with Gasteiger partial charge >= 0.3 is 0 Å². The van der Waals surface area contributed by atoms with Crippen LogP contribution in [0.25, 0.3) is 0 Å². The summed E-state index contributed by atoms with van der Waals surface area (Å²) in [6.45, 7) is 3.56. The Morgan fingerprint density at radius 2 is 2.00 bits per heavy atom. The first-order chi connectivity index (χ1) is 10.3. The lowest BCUT2D eigenvalue weighted by Gasteiger charge is -2.36. The van der Waals surface area contributed by atoms with E-state index >= 15 is 0 Å². The van der Waals surface area contributed by atoms with E-state index in [1.54, 1.807) is 0 Å². The van der Waals surface area contributed by atoms with Gasteiger partial charge in [0, 0.05) is 21.6 Å². The molecule has 1 heterocycles. The largest absolute Gasteiger partial charge is 0.492 e. The molecule has 0 spiro atoms. The molecule has 21 heavy (non-hydrogen) atoms. The van der Waals surface area contributed by atoms with E-state index in [4.69, 9.17) is 4.74 Å². The normalized spacial score (nSPS) is 27.7. The topological polar surface area (TPSA) is 38.3 Å². The highest BCUT2D eigenvalue weighted by molar-refractivity contribution is 7.86. The zero-order chi connectivity index (χ0) is 14.7. The Hall–Kier alpha value is -0.870. The Morgan fingerprint density at radius 3 is 2.76 bits per heavy atom. The number of benzene rings is 1. The fourth-order valence-electron chi connectivity index (χ4n) is 3.54. The molecular weight excluding hydrogens is 282 g/mol. The number of hydrogen-bond donors (Lipinski definition) is 1. The molecule has 1 aliphatic carbocycles. The van der Waals surface area contributed by atoms with E-state index in [-0.39, 0.29) is 11.3 Å². The van der Waals surface area contributed by atoms with Crippen LogP contribution in [-0.2, 0) is 10.8 Å². The molecule has 1 N–H and O–H groups in total. The number of hydrogen-bond acceptors (Lipinski definition) is 3. The Bertz CT molecular complexity index is 499. The maximum atomic E-state index is 13.0. The van der Waals surface area contributed by atoms with Crippen LogP contribution in [0.4, 0.5) is 0 Å². The lowest BCUT2D eigenvalue weighted by Crippen LogP contribution is -2.44. The number of ether oxygens (including phenoxy) is 1. The number of fused-ring (bicyclic) bond motifs is 1. The van der Waals surface area contributed by atoms with Gasteiger partial charge in [-0.3, -0.25) is 4.21 Å². The number of rotatable bonds is 4. The maximum absolute atomic E-state index is 13.0. The van der Waals surface area contributed by atoms with E-state index in [0.29, 0.717) is 11.9 Å². The van der Waals surface area contributed by atoms with Crippen molar-refractivity contribution in [3.8, 4) is 5.75 Å². The van der Waals surface area contributed by atoms with Gasteiger partial charge in [0.1, 0.15) is 12.4 Å². The summed E-state index contributed by atoms with van der Waals surface area (Å²) in [6, 6.07) is 8.31. The average Bonchev–Trinajstić information content (AvgIpc) is 2.55. The van der Waals surface area contributed by atoms with Crippen molar-refractivity contribution in [1.29, 1.82) is 0 Å². The standard InChI is InChI=1S/C17H25NO2S/c1-2-18-17-14-10-6-7-11-15(14)20-12-16(17)21(19)13-8-4-3-5-9-13/h6-7,10-11,13,16-18H,2-5,8-9,12H2,1H3. The molecule has 0 bridgehead atoms. The highest BCUT2D eigenvalue weighted by atomic mass is 32.2. The van der Waals surface area contributed by atoms with Gasteiger partial charge in [-0.25, -0.2) is 0 Å². The molecule has 3 rings (SSSR count). The maximum Gasteiger partial charge on any atom is 0.124 e. The molecule has 1 saturated carbocycles. The third kappa shape index (κ3) is 3.16. The van der Waals surface area contributed by atoms with Crippen LogP contribution in [0, 0.1) is 0 Å². The van der Waals surface area contributed by atoms with Crippen LogP contribution in [0.2, 0.25) is 0 Å². The average molecular weight is 307 g/mol. The van der Waals surface area contributed by atoms with Crippen molar-refractivity contribution in [3.63, 3.8) is 0 Å². The lowest BCUT2D eigenvalue weighted by atomic mass is 10.00. The Balaban J connectivity index is 1.82. The van der Waals surface area contributed by atoms with E-state index < -0.39 is 10.8 Å². The van der Waals surface area contributed by atoms with Crippen LogP contribution in [0.3, 0.4) is 0 Å². The lowest BCUT2D eigenvalue weighted by molar-refractivity contribution is 0.258. The van der Waals surface area contributed by atoms with Crippen molar-refractivity contribution in [2.24, 2.45) is 0 Å². The molecule has 0 aromatic heterocycles. The third-order valence-corrected chi connectivity index (χ3v) is 6.77. The summed E-state index contributed by atoms with van der Waals surface area (Å²) in [5.41, 5.74) is 1.17. The minimum atomic E-state index is -0.819. The second kappa shape index (κ2) is 6.93. The fraction of sp³-hybridized carbons (Fsp3) is 0.647. The molecule has 0 radical (unpaired) electrons. The summed E-state index contributed by atoms with van der Waals surface area (Å²) in [4.78, 5) is 0. The van der Waals surface area contributed by atoms with Crippen LogP contribution < -0.4 is 10.1 Å². The van der Waals surface area contributed by atoms with Gasteiger partial charge in [-0.1, -0.05) is 44.4 Å². The molecule has 1 aliphatic heterocycles. The minimum absolute atomic E-state index is 0.0722. The van der Waals surface area contributed by atoms with Crippen molar-refractivity contribution in [2.45, 2.75) is 55.6 Å². The van der Waals surface area contributed by atoms with Crippen molar-refractivity contribution in [3.05, 3.63) is 29.8 Å². The summed E-state index contributed by atoms with van der Waals surface area (Å²) in [7, 11) is -0.819. The van der Waals surface area contributed by atoms with Crippen molar-refractivity contribution < 1.29 is 8.95 Å². The van der Waals surface area contributed by atoms with Gasteiger partial charge in [-0.2, -0.15) is 0 Å². The Labute approximate surface area is 129 Å². The molecular formula is C17H25NO2S. The molecule has 1 aromatic rings. The quantitative estimate of drug-likeness (QED) is 0.928. The van der Waals surface area contributed by atoms with Gasteiger partial charge in [0.2, 0.25) is 0 Å². The molecule has 1 fully saturated rings. The van der Waals surface area contributed by atoms with Crippen molar-refractivity contribution >= 4 is 10.8 Å². The predicted octanol–water partition coefficient (Wildman–Crippen LogP) is 3.18. The molecule has 3 unspecified atom stereocenters. The van der Waals surface area contributed by atoms with Crippen LogP contribution in [0.15, 0.2) is 24.3 Å². The first-order valence-electron chi connectivity index (χ1n) is 8.15. The molecule has 3 atom stereocenters. The van der Waals surface area contributed by atoms with Gasteiger partial charge in [-0.05, 0) is 25.5 Å². The zero-order valence-electron chi connectivity index (χ0n) is 12.7. The van der Waals surface area contributed by atoms with Gasteiger partial charge in [-0.15, -0.1) is 0 Å². The summed E-state index contributed by atoms with van der Waals surface area (Å²) in [5, 5.41) is 3.97. The van der Waals surface area contributed by atoms with E-state index in [9.17, 15) is 4.21 Å². The first kappa shape index (κ1) is 15.0. The number of nitrogens with one attached hydrogen (secondary N) is 1. The van der Waals surface area contributed by atoms with E-state index in [2.05, 4.69) is 18.3 Å². The third-order valence-electron chi connectivity index (χ3n) is 4.63. The second-order valence-corrected chi connectivity index (χ2v) is 7.94. The molecule has 1 aromatic carbocycles. The molecule has 2 aliphatic rings. The second-order valence-electron chi connectivity index (χ2n) is 6.01. The first-order valence-corrected chi connectivity index (χ1v) is 9.43. The molecule has 0 amide bonds. The summed E-state index contributed by atoms with van der Waals surface area (Å²) in [5.74, 6) is 0.945. The van der Waals surface area contributed by atoms with Gasteiger partial charge in [0.05, 0.1) is 11.3 Å². The van der Waals surface area contributed by atoms with Crippen molar-refractivity contribution in [1.82, 2.24) is 5.32 Å². The Kier molecular flexibility index (Phi) is 4.96. The van der Waals surface area contributed by atoms with Crippen LogP contribution in [0.1, 0.15) is 50.6 Å². The van der Waals surface area contributed by atoms with Gasteiger partial charge < -0.3 is 10.1 Å². The number of para-hydroxylation sites is 1. The minimum Gasteiger partial charge on any atom is -0.492 e. The molecule has 3 nitrogen and oxygen atoms in total. The molecule has 116 valence electrons. The summed E-state index contributed by atoms with van der Waals surface area (Å²) in [6.07, 6.45) is 5.99. The van der Waals surface area contributed by atoms with E-state index in [1.807, 2.05) is 18.2 Å². The summed E-state index contributed by atoms with van der Waals surface area (Å²) < 4.78 is 18.9. The van der Waals surface area contributed by atoms with E-state index in [1.165, 1.54) is 24.8 Å². The van der Waals surface area contributed by atoms with Gasteiger partial charge in [0.25, 0.3) is 0 Å². The smallest absolute Gasteiger partial charge is 0.124 e. The highest BCUT2D eigenvalue weighted by Gasteiger charge is 2.37. The summed E-state index contributed by atoms with van der Waals surface area (Å²) >= 11 is 0. The van der Waals surface area contributed by atoms with Crippen LogP contribution in [-0.4, -0.2) is 27.9 Å². The van der Waals surface area contributed by atoms with E-state index in [0.717, 1.165) is 25.1 Å². The monoisotopic (exact) mass is 307 g/mol. The highest BCUT2D eigenvalue weighted by Crippen LogP contribution is 2.36. The predicted molar refractivity (Wildman–Crippen MR) is 87.2 cm³/mol. The van der Waals surface area contributed by atoms with Gasteiger partial charge in [0.15, 0.2) is 0 Å². The van der Waals surface area contributed by atoms with Crippen LogP contribution >= 0.6 is 0 Å². The van der Waals surface area contributed by atoms with Crippen molar-refractivity contribution in [2.75, 3.05) is 13.2 Å². The zero-order valence-corrected chi connectivity index (χ0v) is 13.5. The van der Waals surface area contributed by atoms with Crippen LogP contribution in [0.5, 0.6) is 5.75 Å². The SMILES string of the molecule is CCNC1c2ccccc2OCC1S(=O)C1CCCCC1. The molecule has 4 heteroatoms.